The molecule has 0 saturated carbocycles. The summed E-state index contributed by atoms with van der Waals surface area (Å²) in [5.41, 5.74) is 1.15. The van der Waals surface area contributed by atoms with Gasteiger partial charge in [0, 0.05) is 23.1 Å². The zero-order chi connectivity index (χ0) is 25.6. The number of alkyl carbamates (subject to hydrolysis) is 1. The van der Waals surface area contributed by atoms with E-state index < -0.39 is 23.4 Å². The number of hydrogen-bond acceptors (Lipinski definition) is 5. The standard InChI is InChI=1S/C28H34ClFN2O4/c1-16(2)35-23-6-5-18(11-21(23)29)19-13-24-20(12-22(19)30)26(28(3,4)15-34-24)31-27(33)36-25-14-32-9-7-17(25)8-10-32/h5-6,11-13,16-17,25-26H,7-10,14-15H2,1-4H3,(H,31,33)/t25-,26?/m0/s1. The van der Waals surface area contributed by atoms with Gasteiger partial charge in [-0.1, -0.05) is 31.5 Å². The Morgan fingerprint density at radius 3 is 2.61 bits per heavy atom. The molecular formula is C28H34ClFN2O4. The number of benzene rings is 2. The van der Waals surface area contributed by atoms with Crippen LogP contribution in [0.15, 0.2) is 30.3 Å². The minimum absolute atomic E-state index is 0.0209. The molecule has 0 radical (unpaired) electrons. The Kier molecular flexibility index (Phi) is 6.81. The fraction of sp³-hybridized carbons (Fsp3) is 0.536. The van der Waals surface area contributed by atoms with Crippen molar-refractivity contribution in [2.75, 3.05) is 26.2 Å². The molecule has 2 aromatic rings. The van der Waals surface area contributed by atoms with E-state index in [1.165, 1.54) is 6.07 Å². The Morgan fingerprint density at radius 2 is 1.97 bits per heavy atom. The first kappa shape index (κ1) is 25.2. The van der Waals surface area contributed by atoms with Crippen LogP contribution in [0.3, 0.4) is 0 Å². The minimum Gasteiger partial charge on any atom is -0.493 e. The van der Waals surface area contributed by atoms with Crippen LogP contribution in [0, 0.1) is 17.2 Å². The van der Waals surface area contributed by atoms with Crippen molar-refractivity contribution in [3.05, 3.63) is 46.7 Å². The lowest BCUT2D eigenvalue weighted by Gasteiger charge is -2.44. The average Bonchev–Trinajstić information content (AvgIpc) is 2.83. The van der Waals surface area contributed by atoms with Gasteiger partial charge in [0.25, 0.3) is 0 Å². The molecule has 3 saturated heterocycles. The van der Waals surface area contributed by atoms with Crippen molar-refractivity contribution in [1.82, 2.24) is 10.2 Å². The lowest BCUT2D eigenvalue weighted by molar-refractivity contribution is -0.0361. The van der Waals surface area contributed by atoms with Crippen molar-refractivity contribution >= 4 is 17.7 Å². The van der Waals surface area contributed by atoms with E-state index in [0.717, 1.165) is 32.5 Å². The molecule has 3 fully saturated rings. The number of ether oxygens (including phenoxy) is 3. The van der Waals surface area contributed by atoms with Gasteiger partial charge in [0.05, 0.1) is 23.8 Å². The summed E-state index contributed by atoms with van der Waals surface area (Å²) in [6.45, 7) is 11.1. The number of amides is 1. The molecule has 0 spiro atoms. The Labute approximate surface area is 217 Å². The van der Waals surface area contributed by atoms with Gasteiger partial charge in [-0.2, -0.15) is 0 Å². The first-order valence-corrected chi connectivity index (χ1v) is 13.1. The third kappa shape index (κ3) is 5.00. The maximum atomic E-state index is 15.5. The van der Waals surface area contributed by atoms with Gasteiger partial charge in [-0.05, 0) is 75.5 Å². The number of carbonyl (C=O) groups is 1. The van der Waals surface area contributed by atoms with E-state index in [0.29, 0.717) is 45.7 Å². The molecule has 194 valence electrons. The monoisotopic (exact) mass is 516 g/mol. The van der Waals surface area contributed by atoms with Crippen LogP contribution in [0.2, 0.25) is 5.02 Å². The van der Waals surface area contributed by atoms with Crippen molar-refractivity contribution < 1.29 is 23.4 Å². The molecule has 2 bridgehead atoms. The third-order valence-electron chi connectivity index (χ3n) is 7.51. The van der Waals surface area contributed by atoms with E-state index >= 15 is 4.39 Å². The third-order valence-corrected chi connectivity index (χ3v) is 7.81. The highest BCUT2D eigenvalue weighted by Crippen LogP contribution is 2.45. The Bertz CT molecular complexity index is 1150. The van der Waals surface area contributed by atoms with Gasteiger partial charge in [0.1, 0.15) is 23.4 Å². The van der Waals surface area contributed by atoms with Crippen LogP contribution in [0.25, 0.3) is 11.1 Å². The second kappa shape index (κ2) is 9.75. The second-order valence-corrected chi connectivity index (χ2v) is 11.5. The number of carbonyl (C=O) groups excluding carboxylic acids is 1. The van der Waals surface area contributed by atoms with Gasteiger partial charge in [0.15, 0.2) is 0 Å². The summed E-state index contributed by atoms with van der Waals surface area (Å²) in [7, 11) is 0. The van der Waals surface area contributed by atoms with E-state index in [2.05, 4.69) is 10.2 Å². The first-order valence-electron chi connectivity index (χ1n) is 12.7. The Hall–Kier alpha value is -2.51. The van der Waals surface area contributed by atoms with Crippen molar-refractivity contribution in [1.29, 1.82) is 0 Å². The molecular weight excluding hydrogens is 483 g/mol. The lowest BCUT2D eigenvalue weighted by Crippen LogP contribution is -2.53. The lowest BCUT2D eigenvalue weighted by atomic mass is 9.78. The van der Waals surface area contributed by atoms with Gasteiger partial charge in [-0.25, -0.2) is 9.18 Å². The number of hydrogen-bond donors (Lipinski definition) is 1. The molecule has 0 aromatic heterocycles. The number of rotatable bonds is 5. The van der Waals surface area contributed by atoms with Gasteiger partial charge in [0.2, 0.25) is 0 Å². The van der Waals surface area contributed by atoms with Crippen LogP contribution in [0.4, 0.5) is 9.18 Å². The summed E-state index contributed by atoms with van der Waals surface area (Å²) in [5.74, 6) is 1.09. The maximum absolute atomic E-state index is 15.5. The Morgan fingerprint density at radius 1 is 1.22 bits per heavy atom. The molecule has 0 aliphatic carbocycles. The molecule has 6 rings (SSSR count). The van der Waals surface area contributed by atoms with Crippen LogP contribution in [-0.4, -0.2) is 49.4 Å². The van der Waals surface area contributed by atoms with E-state index in [4.69, 9.17) is 25.8 Å². The van der Waals surface area contributed by atoms with E-state index in [1.807, 2.05) is 27.7 Å². The number of halogens is 2. The molecule has 1 amide bonds. The van der Waals surface area contributed by atoms with Gasteiger partial charge >= 0.3 is 6.09 Å². The number of nitrogens with one attached hydrogen (secondary N) is 1. The number of nitrogens with zero attached hydrogens (tertiary/aromatic N) is 1. The van der Waals surface area contributed by atoms with Crippen LogP contribution in [0.5, 0.6) is 11.5 Å². The van der Waals surface area contributed by atoms with Gasteiger partial charge in [-0.3, -0.25) is 4.90 Å². The summed E-state index contributed by atoms with van der Waals surface area (Å²) >= 11 is 6.40. The smallest absolute Gasteiger partial charge is 0.407 e. The number of piperidine rings is 3. The zero-order valence-corrected chi connectivity index (χ0v) is 22.0. The van der Waals surface area contributed by atoms with E-state index in [9.17, 15) is 4.79 Å². The highest BCUT2D eigenvalue weighted by Gasteiger charge is 2.41. The quantitative estimate of drug-likeness (QED) is 0.511. The van der Waals surface area contributed by atoms with Gasteiger partial charge in [-0.15, -0.1) is 0 Å². The molecule has 1 unspecified atom stereocenters. The fourth-order valence-corrected chi connectivity index (χ4v) is 5.76. The summed E-state index contributed by atoms with van der Waals surface area (Å²) in [5, 5.41) is 3.44. The average molecular weight is 517 g/mol. The van der Waals surface area contributed by atoms with E-state index in [1.54, 1.807) is 24.3 Å². The molecule has 36 heavy (non-hydrogen) atoms. The first-order chi connectivity index (χ1) is 17.1. The molecule has 4 aliphatic rings. The predicted octanol–water partition coefficient (Wildman–Crippen LogP) is 6.21. The molecule has 1 N–H and O–H groups in total. The summed E-state index contributed by atoms with van der Waals surface area (Å²) in [4.78, 5) is 15.3. The number of fused-ring (bicyclic) bond motifs is 4. The Balaban J connectivity index is 1.38. The summed E-state index contributed by atoms with van der Waals surface area (Å²) in [6.07, 6.45) is 1.55. The summed E-state index contributed by atoms with van der Waals surface area (Å²) < 4.78 is 33.1. The van der Waals surface area contributed by atoms with Crippen molar-refractivity contribution in [3.63, 3.8) is 0 Å². The van der Waals surface area contributed by atoms with Crippen LogP contribution in [0.1, 0.15) is 52.1 Å². The molecule has 6 nitrogen and oxygen atoms in total. The largest absolute Gasteiger partial charge is 0.493 e. The zero-order valence-electron chi connectivity index (χ0n) is 21.3. The molecule has 2 atom stereocenters. The van der Waals surface area contributed by atoms with Crippen molar-refractivity contribution in [2.45, 2.75) is 58.8 Å². The molecule has 8 heteroatoms. The molecule has 2 aromatic carbocycles. The highest BCUT2D eigenvalue weighted by molar-refractivity contribution is 6.32. The minimum atomic E-state index is -0.461. The SMILES string of the molecule is CC(C)Oc1ccc(-c2cc3c(cc2F)C(NC(=O)O[C@H]2CN4CCC2CC4)C(C)(C)CO3)cc1Cl. The van der Waals surface area contributed by atoms with Crippen LogP contribution in [-0.2, 0) is 4.74 Å². The topological polar surface area (TPSA) is 60.0 Å². The van der Waals surface area contributed by atoms with E-state index in [-0.39, 0.29) is 12.2 Å². The normalized spacial score (nSPS) is 26.2. The van der Waals surface area contributed by atoms with Crippen LogP contribution < -0.4 is 14.8 Å². The second-order valence-electron chi connectivity index (χ2n) is 11.1. The fourth-order valence-electron chi connectivity index (χ4n) is 5.53. The predicted molar refractivity (Wildman–Crippen MR) is 137 cm³/mol. The molecule has 4 heterocycles. The van der Waals surface area contributed by atoms with Crippen molar-refractivity contribution in [3.8, 4) is 22.6 Å². The van der Waals surface area contributed by atoms with Crippen LogP contribution >= 0.6 is 11.6 Å². The van der Waals surface area contributed by atoms with Gasteiger partial charge < -0.3 is 19.5 Å². The van der Waals surface area contributed by atoms with Crippen molar-refractivity contribution in [2.24, 2.45) is 11.3 Å². The molecule has 4 aliphatic heterocycles. The highest BCUT2D eigenvalue weighted by atomic mass is 35.5. The maximum Gasteiger partial charge on any atom is 0.407 e. The summed E-state index contributed by atoms with van der Waals surface area (Å²) in [6, 6.07) is 7.90.